The van der Waals surface area contributed by atoms with Crippen LogP contribution in [-0.4, -0.2) is 47.7 Å². The van der Waals surface area contributed by atoms with E-state index in [1.165, 1.54) is 0 Å². The molecule has 0 saturated carbocycles. The molecule has 0 aliphatic carbocycles. The van der Waals surface area contributed by atoms with Gasteiger partial charge < -0.3 is 10.4 Å². The predicted molar refractivity (Wildman–Crippen MR) is 56.3 cm³/mol. The summed E-state index contributed by atoms with van der Waals surface area (Å²) in [5.74, 6) is -1.10. The average Bonchev–Trinajstić information content (AvgIpc) is 2.64. The summed E-state index contributed by atoms with van der Waals surface area (Å²) < 4.78 is 22.8. The predicted octanol–water partition coefficient (Wildman–Crippen LogP) is -0.705. The van der Waals surface area contributed by atoms with Crippen LogP contribution in [0.4, 0.5) is 0 Å². The Hall–Kier alpha value is -1.06. The number of aromatic carboxylic acids is 1. The minimum absolute atomic E-state index is 0.0543. The Kier molecular flexibility index (Phi) is 2.91. The first-order valence-electron chi connectivity index (χ1n) is 4.48. The zero-order chi connectivity index (χ0) is 11.8. The molecule has 1 unspecified atom stereocenters. The third kappa shape index (κ3) is 2.36. The Morgan fingerprint density at radius 3 is 2.81 bits per heavy atom. The smallest absolute Gasteiger partial charge is 0.367 e. The van der Waals surface area contributed by atoms with Gasteiger partial charge in [0.25, 0.3) is 0 Å². The quantitative estimate of drug-likeness (QED) is 0.725. The van der Waals surface area contributed by atoms with Crippen LogP contribution in [0.5, 0.6) is 0 Å². The van der Waals surface area contributed by atoms with E-state index in [4.69, 9.17) is 5.11 Å². The molecule has 2 heterocycles. The topological polar surface area (TPSA) is 109 Å². The summed E-state index contributed by atoms with van der Waals surface area (Å²) in [4.78, 5) is 10.6. The maximum absolute atomic E-state index is 11.4. The first kappa shape index (κ1) is 11.4. The van der Waals surface area contributed by atoms with Crippen LogP contribution in [-0.2, 0) is 9.84 Å². The molecule has 0 bridgehead atoms. The molecule has 1 fully saturated rings. The molecule has 7 nitrogen and oxygen atoms in total. The number of sulfone groups is 1. The van der Waals surface area contributed by atoms with Gasteiger partial charge in [0.05, 0.1) is 17.5 Å². The van der Waals surface area contributed by atoms with Crippen LogP contribution >= 0.6 is 11.3 Å². The molecule has 1 aromatic heterocycles. The number of nitrogens with one attached hydrogen (secondary N) is 1. The van der Waals surface area contributed by atoms with Crippen molar-refractivity contribution in [2.45, 2.75) is 6.04 Å². The van der Waals surface area contributed by atoms with Gasteiger partial charge in [0.2, 0.25) is 5.01 Å². The maximum atomic E-state index is 11.4. The van der Waals surface area contributed by atoms with Crippen molar-refractivity contribution in [3.8, 4) is 0 Å². The molecule has 0 amide bonds. The summed E-state index contributed by atoms with van der Waals surface area (Å²) in [6, 6.07) is -0.440. The van der Waals surface area contributed by atoms with Gasteiger partial charge >= 0.3 is 5.97 Å². The van der Waals surface area contributed by atoms with E-state index in [0.29, 0.717) is 11.6 Å². The normalized spacial score (nSPS) is 24.1. The Balaban J connectivity index is 2.20. The lowest BCUT2D eigenvalue weighted by Crippen LogP contribution is -2.39. The lowest BCUT2D eigenvalue weighted by molar-refractivity contribution is 0.0695. The molecule has 1 aliphatic heterocycles. The van der Waals surface area contributed by atoms with Crippen molar-refractivity contribution < 1.29 is 18.3 Å². The fourth-order valence-corrected chi connectivity index (χ4v) is 3.65. The SMILES string of the molecule is O=C(O)c1nnc(C2CS(=O)(=O)CCN2)s1. The zero-order valence-electron chi connectivity index (χ0n) is 8.08. The highest BCUT2D eigenvalue weighted by atomic mass is 32.2. The average molecular weight is 263 g/mol. The molecule has 1 aromatic rings. The number of nitrogens with zero attached hydrogens (tertiary/aromatic N) is 2. The van der Waals surface area contributed by atoms with Gasteiger partial charge in [0.15, 0.2) is 9.84 Å². The van der Waals surface area contributed by atoms with Crippen LogP contribution < -0.4 is 5.32 Å². The van der Waals surface area contributed by atoms with E-state index in [2.05, 4.69) is 15.5 Å². The fraction of sp³-hybridized carbons (Fsp3) is 0.571. The third-order valence-electron chi connectivity index (χ3n) is 2.15. The molecule has 0 spiro atoms. The van der Waals surface area contributed by atoms with E-state index in [-0.39, 0.29) is 16.5 Å². The first-order chi connectivity index (χ1) is 7.48. The summed E-state index contributed by atoms with van der Waals surface area (Å²) in [5, 5.41) is 19.1. The molecule has 0 radical (unpaired) electrons. The van der Waals surface area contributed by atoms with Gasteiger partial charge in [-0.3, -0.25) is 0 Å². The van der Waals surface area contributed by atoms with E-state index >= 15 is 0 Å². The minimum Gasteiger partial charge on any atom is -0.476 e. The zero-order valence-corrected chi connectivity index (χ0v) is 9.71. The molecule has 2 N–H and O–H groups in total. The van der Waals surface area contributed by atoms with Gasteiger partial charge in [-0.1, -0.05) is 11.3 Å². The van der Waals surface area contributed by atoms with Gasteiger partial charge in [0.1, 0.15) is 5.01 Å². The highest BCUT2D eigenvalue weighted by molar-refractivity contribution is 7.91. The van der Waals surface area contributed by atoms with E-state index in [1.54, 1.807) is 0 Å². The molecule has 2 rings (SSSR count). The van der Waals surface area contributed by atoms with E-state index in [9.17, 15) is 13.2 Å². The molecule has 0 aromatic carbocycles. The summed E-state index contributed by atoms with van der Waals surface area (Å²) in [7, 11) is -3.06. The van der Waals surface area contributed by atoms with Crippen molar-refractivity contribution in [3.63, 3.8) is 0 Å². The van der Waals surface area contributed by atoms with E-state index in [1.807, 2.05) is 0 Å². The molecule has 88 valence electrons. The third-order valence-corrected chi connectivity index (χ3v) is 4.84. The van der Waals surface area contributed by atoms with Crippen molar-refractivity contribution in [2.24, 2.45) is 0 Å². The Bertz CT molecular complexity index is 509. The van der Waals surface area contributed by atoms with Crippen molar-refractivity contribution in [3.05, 3.63) is 10.0 Å². The van der Waals surface area contributed by atoms with Gasteiger partial charge in [-0.2, -0.15) is 0 Å². The highest BCUT2D eigenvalue weighted by Gasteiger charge is 2.28. The Labute approximate surface area is 95.4 Å². The summed E-state index contributed by atoms with van der Waals surface area (Å²) in [6.07, 6.45) is 0. The van der Waals surface area contributed by atoms with Gasteiger partial charge in [-0.25, -0.2) is 13.2 Å². The summed E-state index contributed by atoms with van der Waals surface area (Å²) in [5.41, 5.74) is 0. The molecule has 1 aliphatic rings. The Morgan fingerprint density at radius 2 is 2.25 bits per heavy atom. The van der Waals surface area contributed by atoms with Crippen molar-refractivity contribution >= 4 is 27.1 Å². The van der Waals surface area contributed by atoms with Crippen molar-refractivity contribution in [1.29, 1.82) is 0 Å². The second-order valence-electron chi connectivity index (χ2n) is 3.37. The van der Waals surface area contributed by atoms with E-state index in [0.717, 1.165) is 11.3 Å². The Morgan fingerprint density at radius 1 is 1.50 bits per heavy atom. The number of aromatic nitrogens is 2. The lowest BCUT2D eigenvalue weighted by Gasteiger charge is -2.20. The number of carboxylic acid groups (broad SMARTS) is 1. The van der Waals surface area contributed by atoms with Crippen molar-refractivity contribution in [1.82, 2.24) is 15.5 Å². The van der Waals surface area contributed by atoms with Crippen LogP contribution in [0.1, 0.15) is 20.9 Å². The second kappa shape index (κ2) is 4.07. The molecule has 16 heavy (non-hydrogen) atoms. The lowest BCUT2D eigenvalue weighted by atomic mass is 10.3. The van der Waals surface area contributed by atoms with E-state index < -0.39 is 21.8 Å². The first-order valence-corrected chi connectivity index (χ1v) is 7.12. The van der Waals surface area contributed by atoms with Crippen LogP contribution in [0, 0.1) is 0 Å². The van der Waals surface area contributed by atoms with Crippen LogP contribution in [0.3, 0.4) is 0 Å². The second-order valence-corrected chi connectivity index (χ2v) is 6.61. The minimum atomic E-state index is -3.06. The maximum Gasteiger partial charge on any atom is 0.367 e. The van der Waals surface area contributed by atoms with Gasteiger partial charge in [0, 0.05) is 6.54 Å². The van der Waals surface area contributed by atoms with Crippen molar-refractivity contribution in [2.75, 3.05) is 18.1 Å². The summed E-state index contributed by atoms with van der Waals surface area (Å²) >= 11 is 0.900. The molecule has 1 saturated heterocycles. The van der Waals surface area contributed by atoms with Gasteiger partial charge in [-0.05, 0) is 0 Å². The fourth-order valence-electron chi connectivity index (χ4n) is 1.41. The standard InChI is InChI=1S/C7H9N3O4S2/c11-7(12)6-10-9-5(15-6)4-3-16(13,14)2-1-8-4/h4,8H,1-3H2,(H,11,12). The molecule has 9 heteroatoms. The summed E-state index contributed by atoms with van der Waals surface area (Å²) in [6.45, 7) is 0.356. The van der Waals surface area contributed by atoms with Gasteiger partial charge in [-0.15, -0.1) is 10.2 Å². The van der Waals surface area contributed by atoms with Crippen LogP contribution in [0.25, 0.3) is 0 Å². The highest BCUT2D eigenvalue weighted by Crippen LogP contribution is 2.22. The molecular formula is C7H9N3O4S2. The largest absolute Gasteiger partial charge is 0.476 e. The van der Waals surface area contributed by atoms with Crippen LogP contribution in [0.15, 0.2) is 0 Å². The number of hydrogen-bond donors (Lipinski definition) is 2. The number of carbonyl (C=O) groups is 1. The molecular weight excluding hydrogens is 254 g/mol. The number of hydrogen-bond acceptors (Lipinski definition) is 7. The van der Waals surface area contributed by atoms with Crippen LogP contribution in [0.2, 0.25) is 0 Å². The number of carboxylic acids is 1. The number of rotatable bonds is 2. The molecule has 1 atom stereocenters. The monoisotopic (exact) mass is 263 g/mol.